The number of carbonyl (C=O) groups excluding carboxylic acids is 1. The molecule has 6 rings (SSSR count). The van der Waals surface area contributed by atoms with Crippen LogP contribution in [-0.4, -0.2) is 65.8 Å². The van der Waals surface area contributed by atoms with Crippen molar-refractivity contribution in [3.05, 3.63) is 75.7 Å². The Kier molecular flexibility index (Phi) is 7.52. The van der Waals surface area contributed by atoms with E-state index in [0.717, 1.165) is 57.9 Å². The molecule has 3 aromatic rings. The SMILES string of the molecule is C[C@@H](Oc1ccc(N)c(C(=N)c2ccc(N3CC4(CN(C(=O)C5CCNCC5)C4)C3)nc2)c1)c1c(Cl)cncc1Cl. The Morgan fingerprint density at radius 2 is 1.80 bits per heavy atom. The van der Waals surface area contributed by atoms with Crippen LogP contribution in [0.1, 0.15) is 42.6 Å². The van der Waals surface area contributed by atoms with Gasteiger partial charge in [0.1, 0.15) is 17.7 Å². The molecule has 214 valence electrons. The van der Waals surface area contributed by atoms with E-state index in [1.165, 1.54) is 12.4 Å². The molecule has 0 bridgehead atoms. The smallest absolute Gasteiger partial charge is 0.225 e. The first-order valence-corrected chi connectivity index (χ1v) is 14.6. The molecule has 3 saturated heterocycles. The number of nitrogen functional groups attached to an aromatic ring is 1. The van der Waals surface area contributed by atoms with E-state index in [-0.39, 0.29) is 17.0 Å². The Hall–Kier alpha value is -3.40. The lowest BCUT2D eigenvalue weighted by atomic mass is 9.72. The number of benzene rings is 1. The average molecular weight is 595 g/mol. The molecule has 1 aromatic carbocycles. The zero-order chi connectivity index (χ0) is 28.7. The van der Waals surface area contributed by atoms with Gasteiger partial charge in [0.2, 0.25) is 5.91 Å². The summed E-state index contributed by atoms with van der Waals surface area (Å²) in [5.74, 6) is 1.92. The molecule has 3 fully saturated rings. The predicted molar refractivity (Wildman–Crippen MR) is 161 cm³/mol. The van der Waals surface area contributed by atoms with E-state index < -0.39 is 6.10 Å². The third-order valence-corrected chi connectivity index (χ3v) is 8.97. The number of carbonyl (C=O) groups is 1. The maximum absolute atomic E-state index is 12.8. The highest BCUT2D eigenvalue weighted by atomic mass is 35.5. The van der Waals surface area contributed by atoms with Gasteiger partial charge in [0, 0.05) is 78.5 Å². The molecular weight excluding hydrogens is 561 g/mol. The van der Waals surface area contributed by atoms with Gasteiger partial charge in [-0.1, -0.05) is 23.2 Å². The summed E-state index contributed by atoms with van der Waals surface area (Å²) >= 11 is 12.6. The van der Waals surface area contributed by atoms with E-state index in [2.05, 4.69) is 20.2 Å². The maximum atomic E-state index is 12.8. The molecule has 0 unspecified atom stereocenters. The lowest BCUT2D eigenvalue weighted by Gasteiger charge is -2.61. The lowest BCUT2D eigenvalue weighted by Crippen LogP contribution is -2.73. The second kappa shape index (κ2) is 11.1. The summed E-state index contributed by atoms with van der Waals surface area (Å²) in [5, 5.41) is 13.0. The number of amides is 1. The third-order valence-electron chi connectivity index (χ3n) is 8.37. The van der Waals surface area contributed by atoms with Crippen LogP contribution in [0.4, 0.5) is 11.5 Å². The first kappa shape index (κ1) is 27.8. The normalized spacial score (nSPS) is 18.9. The Labute approximate surface area is 249 Å². The Morgan fingerprint density at radius 3 is 2.46 bits per heavy atom. The van der Waals surface area contributed by atoms with Gasteiger partial charge >= 0.3 is 0 Å². The van der Waals surface area contributed by atoms with Crippen LogP contribution in [0, 0.1) is 16.7 Å². The van der Waals surface area contributed by atoms with Crippen LogP contribution in [0.5, 0.6) is 5.75 Å². The average Bonchev–Trinajstić information content (AvgIpc) is 2.93. The number of nitrogens with zero attached hydrogens (tertiary/aromatic N) is 4. The number of pyridine rings is 2. The van der Waals surface area contributed by atoms with Gasteiger partial charge in [0.25, 0.3) is 0 Å². The van der Waals surface area contributed by atoms with Gasteiger partial charge < -0.3 is 25.6 Å². The van der Waals surface area contributed by atoms with Gasteiger partial charge in [-0.15, -0.1) is 0 Å². The minimum atomic E-state index is -0.435. The minimum Gasteiger partial charge on any atom is -0.486 e. The quantitative estimate of drug-likeness (QED) is 0.271. The molecule has 1 amide bonds. The van der Waals surface area contributed by atoms with Crippen LogP contribution in [0.3, 0.4) is 0 Å². The van der Waals surface area contributed by atoms with Gasteiger partial charge in [-0.05, 0) is 63.2 Å². The second-order valence-corrected chi connectivity index (χ2v) is 12.2. The number of nitrogens with one attached hydrogen (secondary N) is 2. The van der Waals surface area contributed by atoms with Gasteiger partial charge in [-0.3, -0.25) is 15.2 Å². The van der Waals surface area contributed by atoms with Crippen LogP contribution in [-0.2, 0) is 4.79 Å². The Bertz CT molecular complexity index is 1440. The molecule has 5 heterocycles. The number of anilines is 2. The summed E-state index contributed by atoms with van der Waals surface area (Å²) in [6.45, 7) is 7.18. The van der Waals surface area contributed by atoms with E-state index in [4.69, 9.17) is 39.1 Å². The Balaban J connectivity index is 1.07. The number of piperidine rings is 1. The molecule has 2 aromatic heterocycles. The standard InChI is InChI=1S/C30H33Cl2N7O2/c1-18(27-23(31)12-36-13-24(27)32)41-21-3-4-25(33)22(10-21)28(34)20-2-5-26(37-11-20)38-14-30(15-38)16-39(17-30)29(40)19-6-8-35-9-7-19/h2-5,10-13,18-19,34-35H,6-9,14-17,33H2,1H3/t18-/m1/s1. The monoisotopic (exact) mass is 593 g/mol. The highest BCUT2D eigenvalue weighted by Gasteiger charge is 2.54. The fourth-order valence-corrected chi connectivity index (χ4v) is 6.82. The van der Waals surface area contributed by atoms with Gasteiger partial charge in [0.15, 0.2) is 0 Å². The van der Waals surface area contributed by atoms with Crippen molar-refractivity contribution in [3.8, 4) is 5.75 Å². The summed E-state index contributed by atoms with van der Waals surface area (Å²) in [7, 11) is 0. The van der Waals surface area contributed by atoms with E-state index in [9.17, 15) is 4.79 Å². The summed E-state index contributed by atoms with van der Waals surface area (Å²) < 4.78 is 6.11. The van der Waals surface area contributed by atoms with Crippen molar-refractivity contribution >= 4 is 46.3 Å². The molecule has 4 N–H and O–H groups in total. The number of aromatic nitrogens is 2. The third kappa shape index (κ3) is 5.46. The van der Waals surface area contributed by atoms with Crippen LogP contribution in [0.15, 0.2) is 48.9 Å². The molecule has 9 nitrogen and oxygen atoms in total. The molecule has 1 atom stereocenters. The predicted octanol–water partition coefficient (Wildman–Crippen LogP) is 4.57. The number of likely N-dealkylation sites (tertiary alicyclic amines) is 1. The number of hydrogen-bond acceptors (Lipinski definition) is 8. The van der Waals surface area contributed by atoms with Crippen molar-refractivity contribution < 1.29 is 9.53 Å². The fraction of sp³-hybridized carbons (Fsp3) is 0.400. The van der Waals surface area contributed by atoms with Crippen LogP contribution >= 0.6 is 23.2 Å². The van der Waals surface area contributed by atoms with Crippen molar-refractivity contribution in [2.24, 2.45) is 11.3 Å². The highest BCUT2D eigenvalue weighted by molar-refractivity contribution is 6.35. The van der Waals surface area contributed by atoms with Crippen molar-refractivity contribution in [1.82, 2.24) is 20.2 Å². The molecule has 0 radical (unpaired) electrons. The van der Waals surface area contributed by atoms with Gasteiger partial charge in [-0.25, -0.2) is 4.98 Å². The zero-order valence-electron chi connectivity index (χ0n) is 22.9. The fourth-order valence-electron chi connectivity index (χ4n) is 6.15. The summed E-state index contributed by atoms with van der Waals surface area (Å²) in [4.78, 5) is 25.7. The summed E-state index contributed by atoms with van der Waals surface area (Å²) in [6, 6.07) is 9.07. The van der Waals surface area contributed by atoms with E-state index in [1.807, 2.05) is 24.0 Å². The largest absolute Gasteiger partial charge is 0.486 e. The number of hydrogen-bond donors (Lipinski definition) is 3. The highest BCUT2D eigenvalue weighted by Crippen LogP contribution is 2.42. The van der Waals surface area contributed by atoms with Gasteiger partial charge in [0.05, 0.1) is 15.8 Å². The van der Waals surface area contributed by atoms with Crippen molar-refractivity contribution in [1.29, 1.82) is 5.41 Å². The minimum absolute atomic E-state index is 0.178. The van der Waals surface area contributed by atoms with Crippen LogP contribution < -0.4 is 20.7 Å². The molecule has 3 aliphatic heterocycles. The van der Waals surface area contributed by atoms with Crippen molar-refractivity contribution in [2.75, 3.05) is 49.9 Å². The number of nitrogens with two attached hydrogens (primary N) is 1. The molecule has 41 heavy (non-hydrogen) atoms. The number of halogens is 2. The van der Waals surface area contributed by atoms with E-state index in [0.29, 0.717) is 44.1 Å². The first-order chi connectivity index (χ1) is 19.7. The lowest BCUT2D eigenvalue weighted by molar-refractivity contribution is -0.150. The molecule has 11 heteroatoms. The van der Waals surface area contributed by atoms with Crippen LogP contribution in [0.2, 0.25) is 10.0 Å². The van der Waals surface area contributed by atoms with E-state index in [1.54, 1.807) is 24.4 Å². The van der Waals surface area contributed by atoms with Crippen molar-refractivity contribution in [3.63, 3.8) is 0 Å². The van der Waals surface area contributed by atoms with E-state index >= 15 is 0 Å². The molecule has 0 saturated carbocycles. The summed E-state index contributed by atoms with van der Waals surface area (Å²) in [5.41, 5.74) is 9.01. The molecule has 1 spiro atoms. The Morgan fingerprint density at radius 1 is 1.10 bits per heavy atom. The molecule has 0 aliphatic carbocycles. The number of ether oxygens (including phenoxy) is 1. The second-order valence-electron chi connectivity index (χ2n) is 11.4. The number of rotatable bonds is 7. The van der Waals surface area contributed by atoms with Gasteiger partial charge in [-0.2, -0.15) is 0 Å². The molecule has 3 aliphatic rings. The first-order valence-electron chi connectivity index (χ1n) is 13.9. The topological polar surface area (TPSA) is 120 Å². The zero-order valence-corrected chi connectivity index (χ0v) is 24.4. The van der Waals surface area contributed by atoms with Crippen LogP contribution in [0.25, 0.3) is 0 Å². The van der Waals surface area contributed by atoms with Crippen molar-refractivity contribution in [2.45, 2.75) is 25.9 Å². The molecular formula is C30H33Cl2N7O2. The maximum Gasteiger partial charge on any atom is 0.225 e. The summed E-state index contributed by atoms with van der Waals surface area (Å²) in [6.07, 6.45) is 6.22.